The molecular weight excluding hydrogens is 284 g/mol. The molecule has 0 aliphatic carbocycles. The quantitative estimate of drug-likeness (QED) is 0.518. The minimum atomic E-state index is -0.228. The number of esters is 2. The highest BCUT2D eigenvalue weighted by molar-refractivity contribution is 5.70. The third-order valence-corrected chi connectivity index (χ3v) is 3.64. The van der Waals surface area contributed by atoms with Gasteiger partial charge in [-0.05, 0) is 36.5 Å². The molecule has 0 aliphatic heterocycles. The second-order valence-electron chi connectivity index (χ2n) is 5.07. The van der Waals surface area contributed by atoms with E-state index in [4.69, 9.17) is 9.47 Å². The van der Waals surface area contributed by atoms with Crippen molar-refractivity contribution in [2.24, 2.45) is 0 Å². The Balaban J connectivity index is 2.62. The van der Waals surface area contributed by atoms with Crippen molar-refractivity contribution in [1.82, 2.24) is 0 Å². The summed E-state index contributed by atoms with van der Waals surface area (Å²) in [6.07, 6.45) is 3.16. The van der Waals surface area contributed by atoms with Gasteiger partial charge in [0.1, 0.15) is 5.75 Å². The molecule has 22 heavy (non-hydrogen) atoms. The first-order chi connectivity index (χ1) is 10.6. The molecule has 1 rings (SSSR count). The second kappa shape index (κ2) is 9.82. The van der Waals surface area contributed by atoms with Gasteiger partial charge in [-0.3, -0.25) is 9.59 Å². The summed E-state index contributed by atoms with van der Waals surface area (Å²) < 4.78 is 14.5. The van der Waals surface area contributed by atoms with E-state index in [0.29, 0.717) is 12.8 Å². The molecule has 5 heteroatoms. The molecule has 0 spiro atoms. The topological polar surface area (TPSA) is 61.8 Å². The zero-order valence-electron chi connectivity index (χ0n) is 13.5. The van der Waals surface area contributed by atoms with Crippen LogP contribution in [0.25, 0.3) is 0 Å². The zero-order chi connectivity index (χ0) is 16.4. The molecule has 0 bridgehead atoms. The number of methoxy groups -OCH3 is 3. The molecule has 0 saturated carbocycles. The van der Waals surface area contributed by atoms with E-state index >= 15 is 0 Å². The van der Waals surface area contributed by atoms with Gasteiger partial charge in [0.25, 0.3) is 0 Å². The fraction of sp³-hybridized carbons (Fsp3) is 0.529. The Bertz CT molecular complexity index is 466. The molecule has 0 aromatic heterocycles. The van der Waals surface area contributed by atoms with E-state index in [9.17, 15) is 9.59 Å². The van der Waals surface area contributed by atoms with Crippen LogP contribution < -0.4 is 4.74 Å². The van der Waals surface area contributed by atoms with E-state index in [-0.39, 0.29) is 17.9 Å². The smallest absolute Gasteiger partial charge is 0.306 e. The van der Waals surface area contributed by atoms with Crippen molar-refractivity contribution in [3.8, 4) is 5.75 Å². The maximum Gasteiger partial charge on any atom is 0.306 e. The van der Waals surface area contributed by atoms with E-state index in [1.165, 1.54) is 14.2 Å². The highest BCUT2D eigenvalue weighted by atomic mass is 16.5. The third-order valence-electron chi connectivity index (χ3n) is 3.64. The van der Waals surface area contributed by atoms with Crippen LogP contribution in [-0.4, -0.2) is 33.3 Å². The fourth-order valence-corrected chi connectivity index (χ4v) is 2.31. The molecule has 122 valence electrons. The number of ether oxygens (including phenoxy) is 3. The second-order valence-corrected chi connectivity index (χ2v) is 5.07. The van der Waals surface area contributed by atoms with Crippen LogP contribution in [0.3, 0.4) is 0 Å². The first kappa shape index (κ1) is 18.0. The predicted molar refractivity (Wildman–Crippen MR) is 82.9 cm³/mol. The molecule has 0 radical (unpaired) electrons. The largest absolute Gasteiger partial charge is 0.497 e. The van der Waals surface area contributed by atoms with Crippen LogP contribution in [0, 0.1) is 0 Å². The summed E-state index contributed by atoms with van der Waals surface area (Å²) in [4.78, 5) is 22.7. The molecule has 0 saturated heterocycles. The number of hydrogen-bond acceptors (Lipinski definition) is 5. The van der Waals surface area contributed by atoms with Gasteiger partial charge in [-0.2, -0.15) is 0 Å². The molecular formula is C17H24O5. The van der Waals surface area contributed by atoms with Gasteiger partial charge >= 0.3 is 11.9 Å². The Kier molecular flexibility index (Phi) is 8.04. The maximum absolute atomic E-state index is 11.6. The van der Waals surface area contributed by atoms with Crippen molar-refractivity contribution in [3.05, 3.63) is 29.8 Å². The zero-order valence-corrected chi connectivity index (χ0v) is 13.5. The summed E-state index contributed by atoms with van der Waals surface area (Å²) in [6.45, 7) is 0. The van der Waals surface area contributed by atoms with Gasteiger partial charge < -0.3 is 14.2 Å². The van der Waals surface area contributed by atoms with Crippen LogP contribution in [0.1, 0.15) is 43.6 Å². The fourth-order valence-electron chi connectivity index (χ4n) is 2.31. The van der Waals surface area contributed by atoms with Crippen molar-refractivity contribution in [1.29, 1.82) is 0 Å². The standard InChI is InChI=1S/C17H24O5/c1-20-15-10-8-13(9-11-15)14(12-17(19)22-3)6-4-5-7-16(18)21-2/h8-11,14H,4-7,12H2,1-3H3. The van der Waals surface area contributed by atoms with E-state index in [0.717, 1.165) is 30.6 Å². The van der Waals surface area contributed by atoms with Gasteiger partial charge in [-0.1, -0.05) is 18.6 Å². The van der Waals surface area contributed by atoms with Crippen molar-refractivity contribution in [3.63, 3.8) is 0 Å². The average Bonchev–Trinajstić information content (AvgIpc) is 2.57. The molecule has 0 N–H and O–H groups in total. The summed E-state index contributed by atoms with van der Waals surface area (Å²) in [7, 11) is 4.40. The molecule has 1 aromatic carbocycles. The van der Waals surface area contributed by atoms with Crippen molar-refractivity contribution >= 4 is 11.9 Å². The predicted octanol–water partition coefficient (Wildman–Crippen LogP) is 3.08. The summed E-state index contributed by atoms with van der Waals surface area (Å²) in [5.41, 5.74) is 1.07. The van der Waals surface area contributed by atoms with Gasteiger partial charge in [0, 0.05) is 6.42 Å². The molecule has 1 aromatic rings. The Morgan fingerprint density at radius 2 is 1.59 bits per heavy atom. The molecule has 0 amide bonds. The van der Waals surface area contributed by atoms with E-state index < -0.39 is 0 Å². The third kappa shape index (κ3) is 6.16. The summed E-state index contributed by atoms with van der Waals surface area (Å²) in [6, 6.07) is 7.70. The van der Waals surface area contributed by atoms with Crippen LogP contribution in [0.15, 0.2) is 24.3 Å². The van der Waals surface area contributed by atoms with Crippen molar-refractivity contribution < 1.29 is 23.8 Å². The minimum absolute atomic E-state index is 0.0796. The Labute approximate surface area is 131 Å². The lowest BCUT2D eigenvalue weighted by molar-refractivity contribution is -0.142. The molecule has 1 unspecified atom stereocenters. The Hall–Kier alpha value is -2.04. The molecule has 0 heterocycles. The lowest BCUT2D eigenvalue weighted by Crippen LogP contribution is -2.09. The van der Waals surface area contributed by atoms with Gasteiger partial charge in [0.15, 0.2) is 0 Å². The summed E-state index contributed by atoms with van der Waals surface area (Å²) in [5, 5.41) is 0. The highest BCUT2D eigenvalue weighted by Crippen LogP contribution is 2.28. The van der Waals surface area contributed by atoms with Crippen LogP contribution >= 0.6 is 0 Å². The number of rotatable bonds is 9. The lowest BCUT2D eigenvalue weighted by Gasteiger charge is -2.16. The number of carbonyl (C=O) groups excluding carboxylic acids is 2. The highest BCUT2D eigenvalue weighted by Gasteiger charge is 2.16. The van der Waals surface area contributed by atoms with Crippen LogP contribution in [0.4, 0.5) is 0 Å². The summed E-state index contributed by atoms with van der Waals surface area (Å²) >= 11 is 0. The van der Waals surface area contributed by atoms with Crippen LogP contribution in [0.2, 0.25) is 0 Å². The van der Waals surface area contributed by atoms with E-state index in [1.54, 1.807) is 7.11 Å². The van der Waals surface area contributed by atoms with Crippen LogP contribution in [0.5, 0.6) is 5.75 Å². The molecule has 0 fully saturated rings. The molecule has 0 aliphatic rings. The number of carbonyl (C=O) groups is 2. The van der Waals surface area contributed by atoms with E-state index in [2.05, 4.69) is 4.74 Å². The first-order valence-electron chi connectivity index (χ1n) is 7.38. The Morgan fingerprint density at radius 1 is 0.955 bits per heavy atom. The van der Waals surface area contributed by atoms with Crippen LogP contribution in [-0.2, 0) is 19.1 Å². The molecule has 1 atom stereocenters. The maximum atomic E-state index is 11.6. The molecule has 5 nitrogen and oxygen atoms in total. The number of benzene rings is 1. The summed E-state index contributed by atoms with van der Waals surface area (Å²) in [5.74, 6) is 0.435. The van der Waals surface area contributed by atoms with Crippen molar-refractivity contribution in [2.45, 2.75) is 38.0 Å². The number of hydrogen-bond donors (Lipinski definition) is 0. The normalized spacial score (nSPS) is 11.6. The number of unbranched alkanes of at least 4 members (excludes halogenated alkanes) is 1. The van der Waals surface area contributed by atoms with Gasteiger partial charge in [-0.15, -0.1) is 0 Å². The van der Waals surface area contributed by atoms with E-state index in [1.807, 2.05) is 24.3 Å². The first-order valence-corrected chi connectivity index (χ1v) is 7.38. The SMILES string of the molecule is COC(=O)CCCCC(CC(=O)OC)c1ccc(OC)cc1. The average molecular weight is 308 g/mol. The van der Waals surface area contributed by atoms with Gasteiger partial charge in [0.05, 0.1) is 27.8 Å². The Morgan fingerprint density at radius 3 is 2.14 bits per heavy atom. The van der Waals surface area contributed by atoms with Gasteiger partial charge in [0.2, 0.25) is 0 Å². The van der Waals surface area contributed by atoms with Gasteiger partial charge in [-0.25, -0.2) is 0 Å². The monoisotopic (exact) mass is 308 g/mol. The van der Waals surface area contributed by atoms with Crippen molar-refractivity contribution in [2.75, 3.05) is 21.3 Å². The lowest BCUT2D eigenvalue weighted by atomic mass is 9.90. The minimum Gasteiger partial charge on any atom is -0.497 e.